The van der Waals surface area contributed by atoms with Crippen molar-refractivity contribution in [2.75, 3.05) is 13.1 Å². The average Bonchev–Trinajstić information content (AvgIpc) is 2.50. The fourth-order valence-electron chi connectivity index (χ4n) is 2.24. The molecule has 1 unspecified atom stereocenters. The quantitative estimate of drug-likeness (QED) is 0.812. The van der Waals surface area contributed by atoms with Gasteiger partial charge >= 0.3 is 0 Å². The molecule has 1 atom stereocenters. The zero-order valence-electron chi connectivity index (χ0n) is 9.01. The molecule has 1 aromatic rings. The van der Waals surface area contributed by atoms with Crippen LogP contribution in [0.1, 0.15) is 24.8 Å². The van der Waals surface area contributed by atoms with Crippen molar-refractivity contribution in [1.29, 1.82) is 0 Å². The van der Waals surface area contributed by atoms with E-state index in [9.17, 15) is 0 Å². The summed E-state index contributed by atoms with van der Waals surface area (Å²) < 4.78 is 0. The normalized spacial score (nSPS) is 22.3. The Morgan fingerprint density at radius 1 is 1.27 bits per heavy atom. The number of rotatable bonds is 2. The Morgan fingerprint density at radius 3 is 3.00 bits per heavy atom. The van der Waals surface area contributed by atoms with E-state index in [2.05, 4.69) is 17.4 Å². The van der Waals surface area contributed by atoms with E-state index in [0.717, 1.165) is 23.9 Å². The summed E-state index contributed by atoms with van der Waals surface area (Å²) in [6.45, 7) is 2.32. The van der Waals surface area contributed by atoms with Crippen LogP contribution in [0.25, 0.3) is 0 Å². The number of hydrogen-bond acceptors (Lipinski definition) is 1. The summed E-state index contributed by atoms with van der Waals surface area (Å²) in [5.41, 5.74) is 1.30. The van der Waals surface area contributed by atoms with Gasteiger partial charge in [0, 0.05) is 5.02 Å². The second-order valence-electron chi connectivity index (χ2n) is 4.36. The summed E-state index contributed by atoms with van der Waals surface area (Å²) in [5.74, 6) is 0.757. The van der Waals surface area contributed by atoms with Crippen molar-refractivity contribution in [1.82, 2.24) is 5.32 Å². The lowest BCUT2D eigenvalue weighted by atomic mass is 9.95. The molecule has 0 radical (unpaired) electrons. The second kappa shape index (κ2) is 5.53. The first-order chi connectivity index (χ1) is 7.36. The van der Waals surface area contributed by atoms with E-state index in [4.69, 9.17) is 11.6 Å². The van der Waals surface area contributed by atoms with E-state index >= 15 is 0 Å². The molecule has 0 amide bonds. The molecule has 2 heteroatoms. The average molecular weight is 224 g/mol. The fraction of sp³-hybridized carbons (Fsp3) is 0.538. The Labute approximate surface area is 96.8 Å². The summed E-state index contributed by atoms with van der Waals surface area (Å²) in [7, 11) is 0. The van der Waals surface area contributed by atoms with Crippen LogP contribution in [-0.4, -0.2) is 13.1 Å². The van der Waals surface area contributed by atoms with Crippen LogP contribution in [0.15, 0.2) is 24.3 Å². The zero-order valence-corrected chi connectivity index (χ0v) is 9.76. The minimum atomic E-state index is 0.757. The summed E-state index contributed by atoms with van der Waals surface area (Å²) in [4.78, 5) is 0. The molecule has 1 fully saturated rings. The fourth-order valence-corrected chi connectivity index (χ4v) is 2.45. The molecule has 1 N–H and O–H groups in total. The monoisotopic (exact) mass is 223 g/mol. The molecule has 1 heterocycles. The largest absolute Gasteiger partial charge is 0.316 e. The van der Waals surface area contributed by atoms with Gasteiger partial charge < -0.3 is 5.32 Å². The van der Waals surface area contributed by atoms with Crippen molar-refractivity contribution in [2.24, 2.45) is 5.92 Å². The van der Waals surface area contributed by atoms with Gasteiger partial charge in [-0.1, -0.05) is 36.2 Å². The van der Waals surface area contributed by atoms with Gasteiger partial charge in [-0.05, 0) is 49.9 Å². The molecule has 0 aliphatic carbocycles. The minimum Gasteiger partial charge on any atom is -0.316 e. The van der Waals surface area contributed by atoms with Gasteiger partial charge in [0.2, 0.25) is 0 Å². The second-order valence-corrected chi connectivity index (χ2v) is 4.77. The SMILES string of the molecule is Clc1ccccc1CC1CCCCNC1. The number of benzene rings is 1. The number of hydrogen-bond donors (Lipinski definition) is 1. The Bertz CT molecular complexity index is 303. The Hall–Kier alpha value is -0.530. The van der Waals surface area contributed by atoms with E-state index in [0.29, 0.717) is 0 Å². The van der Waals surface area contributed by atoms with Gasteiger partial charge in [-0.15, -0.1) is 0 Å². The third-order valence-electron chi connectivity index (χ3n) is 3.12. The molecule has 15 heavy (non-hydrogen) atoms. The van der Waals surface area contributed by atoms with Crippen LogP contribution < -0.4 is 5.32 Å². The van der Waals surface area contributed by atoms with Gasteiger partial charge in [0.15, 0.2) is 0 Å². The maximum absolute atomic E-state index is 6.16. The van der Waals surface area contributed by atoms with Crippen molar-refractivity contribution < 1.29 is 0 Å². The van der Waals surface area contributed by atoms with Gasteiger partial charge in [0.25, 0.3) is 0 Å². The molecule has 0 bridgehead atoms. The van der Waals surface area contributed by atoms with Crippen molar-refractivity contribution in [3.05, 3.63) is 34.9 Å². The summed E-state index contributed by atoms with van der Waals surface area (Å²) in [6, 6.07) is 8.21. The Morgan fingerprint density at radius 2 is 2.13 bits per heavy atom. The molecule has 1 saturated heterocycles. The topological polar surface area (TPSA) is 12.0 Å². The third kappa shape index (κ3) is 3.22. The first-order valence-corrected chi connectivity index (χ1v) is 6.18. The van der Waals surface area contributed by atoms with Crippen LogP contribution >= 0.6 is 11.6 Å². The van der Waals surface area contributed by atoms with Crippen LogP contribution in [0.2, 0.25) is 5.02 Å². The molecule has 1 aliphatic heterocycles. The molecular formula is C13H18ClN. The van der Waals surface area contributed by atoms with Gasteiger partial charge in [-0.25, -0.2) is 0 Å². The highest BCUT2D eigenvalue weighted by molar-refractivity contribution is 6.31. The lowest BCUT2D eigenvalue weighted by molar-refractivity contribution is 0.477. The highest BCUT2D eigenvalue weighted by Crippen LogP contribution is 2.22. The first-order valence-electron chi connectivity index (χ1n) is 5.80. The van der Waals surface area contributed by atoms with Crippen molar-refractivity contribution in [2.45, 2.75) is 25.7 Å². The molecule has 1 aromatic carbocycles. The maximum Gasteiger partial charge on any atom is 0.0438 e. The first kappa shape index (κ1) is 11.0. The minimum absolute atomic E-state index is 0.757. The Balaban J connectivity index is 1.98. The molecule has 2 rings (SSSR count). The van der Waals surface area contributed by atoms with Gasteiger partial charge in [0.05, 0.1) is 0 Å². The smallest absolute Gasteiger partial charge is 0.0438 e. The van der Waals surface area contributed by atoms with Crippen LogP contribution in [0.3, 0.4) is 0 Å². The van der Waals surface area contributed by atoms with E-state index in [1.807, 2.05) is 12.1 Å². The lowest BCUT2D eigenvalue weighted by Crippen LogP contribution is -2.22. The van der Waals surface area contributed by atoms with Crippen LogP contribution in [0.4, 0.5) is 0 Å². The van der Waals surface area contributed by atoms with Gasteiger partial charge in [0.1, 0.15) is 0 Å². The Kier molecular flexibility index (Phi) is 4.04. The third-order valence-corrected chi connectivity index (χ3v) is 3.48. The summed E-state index contributed by atoms with van der Waals surface area (Å²) >= 11 is 6.16. The molecule has 0 saturated carbocycles. The number of halogens is 1. The predicted octanol–water partition coefficient (Wildman–Crippen LogP) is 3.27. The molecule has 1 nitrogen and oxygen atoms in total. The predicted molar refractivity (Wildman–Crippen MR) is 65.4 cm³/mol. The highest BCUT2D eigenvalue weighted by Gasteiger charge is 2.13. The molecule has 82 valence electrons. The molecule has 0 spiro atoms. The van der Waals surface area contributed by atoms with Gasteiger partial charge in [-0.2, -0.15) is 0 Å². The van der Waals surface area contributed by atoms with E-state index in [1.54, 1.807) is 0 Å². The van der Waals surface area contributed by atoms with Crippen molar-refractivity contribution >= 4 is 11.6 Å². The zero-order chi connectivity index (χ0) is 10.5. The number of nitrogens with one attached hydrogen (secondary N) is 1. The maximum atomic E-state index is 6.16. The van der Waals surface area contributed by atoms with Crippen LogP contribution in [0.5, 0.6) is 0 Å². The molecule has 1 aliphatic rings. The summed E-state index contributed by atoms with van der Waals surface area (Å²) in [6.07, 6.45) is 5.12. The van der Waals surface area contributed by atoms with Crippen molar-refractivity contribution in [3.8, 4) is 0 Å². The van der Waals surface area contributed by atoms with Crippen LogP contribution in [0, 0.1) is 5.92 Å². The van der Waals surface area contributed by atoms with Gasteiger partial charge in [-0.3, -0.25) is 0 Å². The summed E-state index contributed by atoms with van der Waals surface area (Å²) in [5, 5.41) is 4.41. The van der Waals surface area contributed by atoms with E-state index in [-0.39, 0.29) is 0 Å². The van der Waals surface area contributed by atoms with E-state index in [1.165, 1.54) is 31.4 Å². The molecule has 0 aromatic heterocycles. The van der Waals surface area contributed by atoms with Crippen molar-refractivity contribution in [3.63, 3.8) is 0 Å². The standard InChI is InChI=1S/C13H18ClN/c14-13-7-2-1-6-12(13)9-11-5-3-4-8-15-10-11/h1-2,6-7,11,15H,3-5,8-10H2. The van der Waals surface area contributed by atoms with Crippen LogP contribution in [-0.2, 0) is 6.42 Å². The van der Waals surface area contributed by atoms with E-state index < -0.39 is 0 Å². The molecular weight excluding hydrogens is 206 g/mol. The highest BCUT2D eigenvalue weighted by atomic mass is 35.5. The lowest BCUT2D eigenvalue weighted by Gasteiger charge is -2.14.